The van der Waals surface area contributed by atoms with Crippen molar-refractivity contribution in [2.24, 2.45) is 0 Å². The first-order chi connectivity index (χ1) is 3.91. The fraction of sp³-hybridized carbons (Fsp3) is 1.00. The predicted octanol–water partition coefficient (Wildman–Crippen LogP) is 1.06. The number of methoxy groups -OCH3 is 1. The second kappa shape index (κ2) is 6.92. The Morgan fingerprint density at radius 2 is 1.50 bits per heavy atom. The van der Waals surface area contributed by atoms with Crippen molar-refractivity contribution in [3.8, 4) is 0 Å². The van der Waals surface area contributed by atoms with Crippen LogP contribution in [-0.4, -0.2) is 27.4 Å². The van der Waals surface area contributed by atoms with Crippen LogP contribution in [0.25, 0.3) is 0 Å². The molecule has 1 fully saturated rings. The summed E-state index contributed by atoms with van der Waals surface area (Å²) in [5.74, 6) is 0. The fourth-order valence-corrected chi connectivity index (χ4v) is 0.510. The molecule has 8 heavy (non-hydrogen) atoms. The van der Waals surface area contributed by atoms with Gasteiger partial charge in [-0.05, 0) is 12.8 Å². The maximum absolute atomic E-state index is 4.94. The summed E-state index contributed by atoms with van der Waals surface area (Å²) in [6.45, 7) is 2.00. The van der Waals surface area contributed by atoms with Crippen molar-refractivity contribution in [1.29, 1.82) is 0 Å². The summed E-state index contributed by atoms with van der Waals surface area (Å²) in [7, 11) is 3.25. The van der Waals surface area contributed by atoms with Crippen molar-refractivity contribution >= 4 is 0 Å². The molecule has 1 aliphatic rings. The van der Waals surface area contributed by atoms with Crippen molar-refractivity contribution in [3.63, 3.8) is 0 Å². The van der Waals surface area contributed by atoms with Crippen LogP contribution in [-0.2, 0) is 9.47 Å². The molecule has 2 nitrogen and oxygen atoms in total. The van der Waals surface area contributed by atoms with E-state index in [1.165, 1.54) is 12.8 Å². The van der Waals surface area contributed by atoms with Gasteiger partial charge in [0.15, 0.2) is 0 Å². The summed E-state index contributed by atoms with van der Waals surface area (Å²) < 4.78 is 9.19. The van der Waals surface area contributed by atoms with Gasteiger partial charge in [-0.1, -0.05) is 0 Å². The smallest absolute Gasteiger partial charge is 0.0466 e. The first-order valence-corrected chi connectivity index (χ1v) is 2.89. The quantitative estimate of drug-likeness (QED) is 0.473. The van der Waals surface area contributed by atoms with E-state index in [1.54, 1.807) is 14.2 Å². The van der Waals surface area contributed by atoms with Crippen molar-refractivity contribution in [1.82, 2.24) is 0 Å². The molecule has 0 bridgehead atoms. The van der Waals surface area contributed by atoms with Gasteiger partial charge in [0, 0.05) is 27.4 Å². The average molecular weight is 118 g/mol. The molecule has 0 aromatic heterocycles. The minimum absolute atomic E-state index is 1.00. The molecule has 1 aliphatic heterocycles. The lowest BCUT2D eigenvalue weighted by Crippen LogP contribution is -1.74. The van der Waals surface area contributed by atoms with Crippen molar-refractivity contribution in [3.05, 3.63) is 0 Å². The minimum atomic E-state index is 1.00. The lowest BCUT2D eigenvalue weighted by atomic mass is 10.4. The zero-order valence-electron chi connectivity index (χ0n) is 5.64. The fourth-order valence-electron chi connectivity index (χ4n) is 0.510. The van der Waals surface area contributed by atoms with Crippen LogP contribution in [0.1, 0.15) is 12.8 Å². The van der Waals surface area contributed by atoms with Crippen molar-refractivity contribution in [2.75, 3.05) is 27.4 Å². The molecule has 0 N–H and O–H groups in total. The van der Waals surface area contributed by atoms with Gasteiger partial charge in [0.25, 0.3) is 0 Å². The van der Waals surface area contributed by atoms with Gasteiger partial charge in [0.05, 0.1) is 0 Å². The van der Waals surface area contributed by atoms with Gasteiger partial charge in [-0.3, -0.25) is 0 Å². The number of hydrogen-bond donors (Lipinski definition) is 0. The van der Waals surface area contributed by atoms with Gasteiger partial charge in [-0.2, -0.15) is 0 Å². The lowest BCUT2D eigenvalue weighted by molar-refractivity contribution is 0.198. The van der Waals surface area contributed by atoms with E-state index in [-0.39, 0.29) is 0 Å². The Labute approximate surface area is 50.8 Å². The first-order valence-electron chi connectivity index (χ1n) is 2.89. The molecule has 0 radical (unpaired) electrons. The molecule has 0 unspecified atom stereocenters. The summed E-state index contributed by atoms with van der Waals surface area (Å²) in [5.41, 5.74) is 0. The Morgan fingerprint density at radius 3 is 1.62 bits per heavy atom. The zero-order valence-corrected chi connectivity index (χ0v) is 5.64. The molecule has 0 aromatic carbocycles. The second-order valence-corrected chi connectivity index (χ2v) is 1.73. The largest absolute Gasteiger partial charge is 0.388 e. The summed E-state index contributed by atoms with van der Waals surface area (Å²) in [6, 6.07) is 0. The highest BCUT2D eigenvalue weighted by molar-refractivity contribution is 4.43. The molecule has 50 valence electrons. The van der Waals surface area contributed by atoms with Crippen molar-refractivity contribution in [2.45, 2.75) is 12.8 Å². The maximum Gasteiger partial charge on any atom is 0.0466 e. The van der Waals surface area contributed by atoms with Crippen LogP contribution in [0.15, 0.2) is 0 Å². The van der Waals surface area contributed by atoms with Crippen LogP contribution < -0.4 is 0 Å². The molecular formula is C6H14O2. The molecule has 0 spiro atoms. The van der Waals surface area contributed by atoms with E-state index < -0.39 is 0 Å². The summed E-state index contributed by atoms with van der Waals surface area (Å²) in [5, 5.41) is 0. The topological polar surface area (TPSA) is 18.5 Å². The SMILES string of the molecule is C1CCOC1.COC. The Morgan fingerprint density at radius 1 is 1.12 bits per heavy atom. The Hall–Kier alpha value is -0.0800. The number of ether oxygens (including phenoxy) is 2. The van der Waals surface area contributed by atoms with Crippen LogP contribution in [0.5, 0.6) is 0 Å². The monoisotopic (exact) mass is 118 g/mol. The first kappa shape index (κ1) is 7.92. The minimum Gasteiger partial charge on any atom is -0.388 e. The Balaban J connectivity index is 0.000000145. The average Bonchev–Trinajstić information content (AvgIpc) is 2.17. The standard InChI is InChI=1S/C4H8O.C2H6O/c1-2-4-5-3-1;1-3-2/h1-4H2;1-2H3. The molecule has 0 saturated carbocycles. The molecule has 0 amide bonds. The third kappa shape index (κ3) is 5.92. The molecule has 1 saturated heterocycles. The predicted molar refractivity (Wildman–Crippen MR) is 33.0 cm³/mol. The Kier molecular flexibility index (Phi) is 6.85. The third-order valence-electron chi connectivity index (χ3n) is 0.827. The summed E-state index contributed by atoms with van der Waals surface area (Å²) in [4.78, 5) is 0. The zero-order chi connectivity index (χ0) is 6.24. The van der Waals surface area contributed by atoms with Gasteiger partial charge in [-0.15, -0.1) is 0 Å². The highest BCUT2D eigenvalue weighted by Gasteiger charge is 1.94. The van der Waals surface area contributed by atoms with E-state index in [0.29, 0.717) is 0 Å². The van der Waals surface area contributed by atoms with Crippen LogP contribution in [0.4, 0.5) is 0 Å². The van der Waals surface area contributed by atoms with E-state index in [4.69, 9.17) is 4.74 Å². The number of hydrogen-bond acceptors (Lipinski definition) is 2. The normalized spacial score (nSPS) is 17.2. The van der Waals surface area contributed by atoms with Gasteiger partial charge in [0.2, 0.25) is 0 Å². The highest BCUT2D eigenvalue weighted by Crippen LogP contribution is 1.98. The second-order valence-electron chi connectivity index (χ2n) is 1.73. The molecular weight excluding hydrogens is 104 g/mol. The summed E-state index contributed by atoms with van der Waals surface area (Å²) >= 11 is 0. The van der Waals surface area contributed by atoms with E-state index in [1.807, 2.05) is 0 Å². The van der Waals surface area contributed by atoms with Gasteiger partial charge in [-0.25, -0.2) is 0 Å². The van der Waals surface area contributed by atoms with Gasteiger partial charge in [0.1, 0.15) is 0 Å². The third-order valence-corrected chi connectivity index (χ3v) is 0.827. The lowest BCUT2D eigenvalue weighted by Gasteiger charge is -1.76. The summed E-state index contributed by atoms with van der Waals surface area (Å²) in [6.07, 6.45) is 2.56. The number of rotatable bonds is 0. The Bertz CT molecular complexity index is 25.9. The molecule has 2 heteroatoms. The van der Waals surface area contributed by atoms with Crippen LogP contribution in [0, 0.1) is 0 Å². The van der Waals surface area contributed by atoms with Gasteiger partial charge < -0.3 is 9.47 Å². The van der Waals surface area contributed by atoms with Crippen LogP contribution in [0.2, 0.25) is 0 Å². The molecule has 1 heterocycles. The van der Waals surface area contributed by atoms with Crippen LogP contribution in [0.3, 0.4) is 0 Å². The molecule has 0 aromatic rings. The van der Waals surface area contributed by atoms with E-state index in [0.717, 1.165) is 13.2 Å². The van der Waals surface area contributed by atoms with Crippen molar-refractivity contribution < 1.29 is 9.47 Å². The molecule has 0 atom stereocenters. The van der Waals surface area contributed by atoms with E-state index in [9.17, 15) is 0 Å². The van der Waals surface area contributed by atoms with E-state index in [2.05, 4.69) is 4.74 Å². The molecule has 0 aliphatic carbocycles. The maximum atomic E-state index is 4.94. The molecule has 1 rings (SSSR count). The van der Waals surface area contributed by atoms with Gasteiger partial charge >= 0.3 is 0 Å². The van der Waals surface area contributed by atoms with Crippen LogP contribution >= 0.6 is 0 Å². The highest BCUT2D eigenvalue weighted by atomic mass is 16.5. The van der Waals surface area contributed by atoms with E-state index >= 15 is 0 Å².